The predicted molar refractivity (Wildman–Crippen MR) is 126 cm³/mol. The van der Waals surface area contributed by atoms with Gasteiger partial charge in [0.1, 0.15) is 26.9 Å². The van der Waals surface area contributed by atoms with E-state index >= 15 is 0 Å². The van der Waals surface area contributed by atoms with E-state index < -0.39 is 17.8 Å². The van der Waals surface area contributed by atoms with E-state index in [0.29, 0.717) is 11.1 Å². The van der Waals surface area contributed by atoms with Crippen molar-refractivity contribution >= 4 is 57.4 Å². The molecule has 0 aliphatic heterocycles. The van der Waals surface area contributed by atoms with Gasteiger partial charge in [-0.3, -0.25) is 4.79 Å². The number of hydrogen-bond acceptors (Lipinski definition) is 8. The maximum Gasteiger partial charge on any atom is 0.348 e. The molecule has 3 rings (SSSR count). The molecule has 3 aromatic rings. The topological polar surface area (TPSA) is 108 Å². The molecule has 0 radical (unpaired) electrons. The highest BCUT2D eigenvalue weighted by atomic mass is 35.5. The van der Waals surface area contributed by atoms with Crippen molar-refractivity contribution in [2.45, 2.75) is 27.7 Å². The Kier molecular flexibility index (Phi) is 7.78. The number of carbonyl (C=O) groups is 3. The average Bonchev–Trinajstić information content (AvgIpc) is 3.28. The van der Waals surface area contributed by atoms with Gasteiger partial charge in [-0.05, 0) is 45.4 Å². The van der Waals surface area contributed by atoms with Crippen molar-refractivity contribution in [3.63, 3.8) is 0 Å². The normalized spacial score (nSPS) is 10.7. The number of nitrogens with one attached hydrogen (secondary N) is 1. The molecule has 0 spiro atoms. The Morgan fingerprint density at radius 3 is 2.24 bits per heavy atom. The van der Waals surface area contributed by atoms with Gasteiger partial charge < -0.3 is 19.3 Å². The number of rotatable bonds is 7. The van der Waals surface area contributed by atoms with E-state index in [0.717, 1.165) is 11.3 Å². The van der Waals surface area contributed by atoms with Crippen LogP contribution < -0.4 is 5.32 Å². The number of amides is 1. The van der Waals surface area contributed by atoms with E-state index in [1.807, 2.05) is 0 Å². The first-order chi connectivity index (χ1) is 15.7. The van der Waals surface area contributed by atoms with E-state index in [4.69, 9.17) is 37.2 Å². The SMILES string of the molecule is CCOC(=O)c1sc(NC(=O)c2c(-c3c(Cl)cccc3Cl)noc2C)c(C(=O)OCC)c1C. The third kappa shape index (κ3) is 4.90. The molecule has 0 saturated heterocycles. The summed E-state index contributed by atoms with van der Waals surface area (Å²) < 4.78 is 15.4. The number of esters is 2. The highest BCUT2D eigenvalue weighted by Gasteiger charge is 2.30. The summed E-state index contributed by atoms with van der Waals surface area (Å²) in [4.78, 5) is 38.5. The van der Waals surface area contributed by atoms with Crippen LogP contribution in [0, 0.1) is 13.8 Å². The van der Waals surface area contributed by atoms with Crippen LogP contribution in [0.25, 0.3) is 11.3 Å². The number of thiophene rings is 1. The van der Waals surface area contributed by atoms with Crippen LogP contribution in [0.2, 0.25) is 10.0 Å². The van der Waals surface area contributed by atoms with Crippen LogP contribution in [0.5, 0.6) is 0 Å². The lowest BCUT2D eigenvalue weighted by molar-refractivity contribution is 0.0527. The Hall–Kier alpha value is -2.88. The first-order valence-corrected chi connectivity index (χ1v) is 11.5. The minimum absolute atomic E-state index is 0.0738. The summed E-state index contributed by atoms with van der Waals surface area (Å²) >= 11 is 13.5. The molecule has 0 aliphatic carbocycles. The van der Waals surface area contributed by atoms with Crippen LogP contribution in [0.3, 0.4) is 0 Å². The van der Waals surface area contributed by atoms with Gasteiger partial charge in [0.15, 0.2) is 0 Å². The predicted octanol–water partition coefficient (Wildman–Crippen LogP) is 5.93. The molecule has 8 nitrogen and oxygen atoms in total. The third-order valence-electron chi connectivity index (χ3n) is 4.60. The Balaban J connectivity index is 2.07. The first kappa shape index (κ1) is 24.8. The molecule has 2 aromatic heterocycles. The number of aromatic nitrogens is 1. The highest BCUT2D eigenvalue weighted by Crippen LogP contribution is 2.38. The molecule has 0 unspecified atom stereocenters. The molecule has 1 amide bonds. The van der Waals surface area contributed by atoms with Crippen molar-refractivity contribution in [1.82, 2.24) is 5.16 Å². The number of halogens is 2. The molecular weight excluding hydrogens is 491 g/mol. The van der Waals surface area contributed by atoms with E-state index in [1.165, 1.54) is 0 Å². The molecular formula is C22H20Cl2N2O6S. The van der Waals surface area contributed by atoms with Crippen molar-refractivity contribution in [2.75, 3.05) is 18.5 Å². The Morgan fingerprint density at radius 1 is 1.03 bits per heavy atom. The van der Waals surface area contributed by atoms with Gasteiger partial charge in [0.2, 0.25) is 0 Å². The fourth-order valence-electron chi connectivity index (χ4n) is 3.14. The minimum atomic E-state index is -0.673. The molecule has 11 heteroatoms. The number of benzene rings is 1. The van der Waals surface area contributed by atoms with Crippen molar-refractivity contribution in [3.05, 3.63) is 55.6 Å². The van der Waals surface area contributed by atoms with Crippen LogP contribution in [0.1, 0.15) is 55.6 Å². The summed E-state index contributed by atoms with van der Waals surface area (Å²) in [5.74, 6) is -1.68. The fraction of sp³-hybridized carbons (Fsp3) is 0.273. The summed E-state index contributed by atoms with van der Waals surface area (Å²) in [7, 11) is 0. The second-order valence-corrected chi connectivity index (χ2v) is 8.55. The van der Waals surface area contributed by atoms with Crippen LogP contribution in [0.15, 0.2) is 22.7 Å². The molecule has 0 atom stereocenters. The van der Waals surface area contributed by atoms with E-state index in [9.17, 15) is 14.4 Å². The highest BCUT2D eigenvalue weighted by molar-refractivity contribution is 7.18. The summed E-state index contributed by atoms with van der Waals surface area (Å²) in [5, 5.41) is 7.36. The second-order valence-electron chi connectivity index (χ2n) is 6.71. The lowest BCUT2D eigenvalue weighted by Crippen LogP contribution is -2.16. The van der Waals surface area contributed by atoms with Gasteiger partial charge in [-0.2, -0.15) is 0 Å². The molecule has 174 valence electrons. The monoisotopic (exact) mass is 510 g/mol. The molecule has 0 bridgehead atoms. The zero-order chi connectivity index (χ0) is 24.3. The summed E-state index contributed by atoms with van der Waals surface area (Å²) in [6.07, 6.45) is 0. The fourth-order valence-corrected chi connectivity index (χ4v) is 4.80. The van der Waals surface area contributed by atoms with Gasteiger partial charge in [-0.1, -0.05) is 34.4 Å². The second kappa shape index (κ2) is 10.4. The zero-order valence-corrected chi connectivity index (χ0v) is 20.5. The van der Waals surface area contributed by atoms with Crippen LogP contribution in [-0.2, 0) is 9.47 Å². The van der Waals surface area contributed by atoms with Crippen molar-refractivity contribution in [1.29, 1.82) is 0 Å². The van der Waals surface area contributed by atoms with Crippen molar-refractivity contribution in [2.24, 2.45) is 0 Å². The summed E-state index contributed by atoms with van der Waals surface area (Å²) in [6, 6.07) is 4.89. The maximum atomic E-state index is 13.3. The van der Waals surface area contributed by atoms with E-state index in [2.05, 4.69) is 10.5 Å². The maximum absolute atomic E-state index is 13.3. The van der Waals surface area contributed by atoms with Crippen molar-refractivity contribution in [3.8, 4) is 11.3 Å². The van der Waals surface area contributed by atoms with Crippen LogP contribution in [-0.4, -0.2) is 36.2 Å². The summed E-state index contributed by atoms with van der Waals surface area (Å²) in [6.45, 7) is 6.76. The molecule has 0 saturated carbocycles. The standard InChI is InChI=1S/C22H20Cl2N2O6S/c1-5-30-21(28)14-10(3)18(22(29)31-6-2)33-20(14)25-19(27)15-11(4)32-26-17(15)16-12(23)8-7-9-13(16)24/h7-9H,5-6H2,1-4H3,(H,25,27). The van der Waals surface area contributed by atoms with E-state index in [-0.39, 0.29) is 55.7 Å². The largest absolute Gasteiger partial charge is 0.462 e. The van der Waals surface area contributed by atoms with Gasteiger partial charge in [0.05, 0.1) is 28.8 Å². The van der Waals surface area contributed by atoms with Crippen molar-refractivity contribution < 1.29 is 28.4 Å². The number of carbonyl (C=O) groups excluding carboxylic acids is 3. The number of anilines is 1. The Morgan fingerprint density at radius 2 is 1.64 bits per heavy atom. The molecule has 33 heavy (non-hydrogen) atoms. The smallest absolute Gasteiger partial charge is 0.348 e. The third-order valence-corrected chi connectivity index (χ3v) is 6.42. The minimum Gasteiger partial charge on any atom is -0.462 e. The number of nitrogens with zero attached hydrogens (tertiary/aromatic N) is 1. The quantitative estimate of drug-likeness (QED) is 0.392. The average molecular weight is 511 g/mol. The van der Waals surface area contributed by atoms with Gasteiger partial charge in [0, 0.05) is 5.56 Å². The van der Waals surface area contributed by atoms with Gasteiger partial charge in [-0.15, -0.1) is 11.3 Å². The summed E-state index contributed by atoms with van der Waals surface area (Å²) in [5.41, 5.74) is 0.997. The number of hydrogen-bond donors (Lipinski definition) is 1. The lowest BCUT2D eigenvalue weighted by Gasteiger charge is -2.09. The molecule has 1 N–H and O–H groups in total. The molecule has 0 aliphatic rings. The Bertz CT molecular complexity index is 1210. The molecule has 1 aromatic carbocycles. The van der Waals surface area contributed by atoms with Gasteiger partial charge in [0.25, 0.3) is 5.91 Å². The zero-order valence-electron chi connectivity index (χ0n) is 18.2. The lowest BCUT2D eigenvalue weighted by atomic mass is 10.1. The van der Waals surface area contributed by atoms with Gasteiger partial charge >= 0.3 is 11.9 Å². The van der Waals surface area contributed by atoms with Gasteiger partial charge in [-0.25, -0.2) is 9.59 Å². The molecule has 2 heterocycles. The van der Waals surface area contributed by atoms with Crippen LogP contribution >= 0.6 is 34.5 Å². The molecule has 0 fully saturated rings. The van der Waals surface area contributed by atoms with Crippen LogP contribution in [0.4, 0.5) is 5.00 Å². The number of aryl methyl sites for hydroxylation is 1. The van der Waals surface area contributed by atoms with E-state index in [1.54, 1.807) is 45.9 Å². The first-order valence-electron chi connectivity index (χ1n) is 9.90. The number of ether oxygens (including phenoxy) is 2. The Labute approximate surface area is 203 Å².